The first-order valence-electron chi connectivity index (χ1n) is 6.92. The van der Waals surface area contributed by atoms with Crippen LogP contribution >= 0.6 is 0 Å². The van der Waals surface area contributed by atoms with Crippen LogP contribution in [0.3, 0.4) is 0 Å². The fourth-order valence-electron chi connectivity index (χ4n) is 2.11. The van der Waals surface area contributed by atoms with E-state index in [9.17, 15) is 4.79 Å². The highest BCUT2D eigenvalue weighted by Gasteiger charge is 2.19. The van der Waals surface area contributed by atoms with E-state index in [1.165, 1.54) is 0 Å². The summed E-state index contributed by atoms with van der Waals surface area (Å²) in [6.45, 7) is 6.72. The van der Waals surface area contributed by atoms with Gasteiger partial charge in [-0.1, -0.05) is 26.8 Å². The number of pyridine rings is 1. The molecule has 0 bridgehead atoms. The molecule has 0 aromatic carbocycles. The first-order valence-corrected chi connectivity index (χ1v) is 6.92. The van der Waals surface area contributed by atoms with Crippen LogP contribution in [0.15, 0.2) is 37.1 Å². The molecule has 0 fully saturated rings. The topological polar surface area (TPSA) is 67.8 Å². The highest BCUT2D eigenvalue weighted by Crippen LogP contribution is 2.22. The van der Waals surface area contributed by atoms with Gasteiger partial charge >= 0.3 is 0 Å². The highest BCUT2D eigenvalue weighted by atomic mass is 16.1. The van der Waals surface area contributed by atoms with Crippen LogP contribution in [0.5, 0.6) is 0 Å². The van der Waals surface area contributed by atoms with E-state index < -0.39 is 0 Å². The lowest BCUT2D eigenvalue weighted by molar-refractivity contribution is -0.120. The Morgan fingerprint density at radius 2 is 2.05 bits per heavy atom. The lowest BCUT2D eigenvalue weighted by atomic mass is 9.89. The van der Waals surface area contributed by atoms with Gasteiger partial charge in [-0.25, -0.2) is 9.97 Å². The van der Waals surface area contributed by atoms with Gasteiger partial charge in [-0.3, -0.25) is 9.78 Å². The molecule has 0 radical (unpaired) electrons. The summed E-state index contributed by atoms with van der Waals surface area (Å²) in [6.07, 6.45) is 7.02. The zero-order valence-corrected chi connectivity index (χ0v) is 12.6. The number of carbonyl (C=O) groups is 1. The monoisotopic (exact) mass is 284 g/mol. The van der Waals surface area contributed by atoms with Gasteiger partial charge in [0.1, 0.15) is 6.33 Å². The third-order valence-electron chi connectivity index (χ3n) is 3.06. The van der Waals surface area contributed by atoms with Crippen molar-refractivity contribution in [1.82, 2.24) is 20.3 Å². The Morgan fingerprint density at radius 1 is 1.24 bits per heavy atom. The number of nitrogens with zero attached hydrogens (tertiary/aromatic N) is 3. The molecule has 21 heavy (non-hydrogen) atoms. The first-order chi connectivity index (χ1) is 9.97. The summed E-state index contributed by atoms with van der Waals surface area (Å²) in [6, 6.07) is 3.71. The third kappa shape index (κ3) is 4.34. The van der Waals surface area contributed by atoms with Gasteiger partial charge < -0.3 is 5.32 Å². The predicted molar refractivity (Wildman–Crippen MR) is 80.5 cm³/mol. The lowest BCUT2D eigenvalue weighted by Gasteiger charge is -2.21. The average molecular weight is 284 g/mol. The second-order valence-corrected chi connectivity index (χ2v) is 5.96. The average Bonchev–Trinajstić information content (AvgIpc) is 2.45. The molecule has 0 aliphatic rings. The van der Waals surface area contributed by atoms with Gasteiger partial charge in [-0.2, -0.15) is 0 Å². The molecule has 1 N–H and O–H groups in total. The third-order valence-corrected chi connectivity index (χ3v) is 3.06. The van der Waals surface area contributed by atoms with E-state index in [2.05, 4.69) is 41.0 Å². The molecular formula is C16H20N4O. The molecule has 0 aliphatic carbocycles. The smallest absolute Gasteiger partial charge is 0.224 e. The van der Waals surface area contributed by atoms with Gasteiger partial charge in [0.25, 0.3) is 0 Å². The van der Waals surface area contributed by atoms with Crippen LogP contribution in [-0.4, -0.2) is 20.9 Å². The van der Waals surface area contributed by atoms with Crippen LogP contribution < -0.4 is 5.32 Å². The molecule has 0 spiro atoms. The number of rotatable bonds is 4. The van der Waals surface area contributed by atoms with Crippen molar-refractivity contribution in [3.05, 3.63) is 53.9 Å². The van der Waals surface area contributed by atoms with Gasteiger partial charge in [0.05, 0.1) is 12.1 Å². The van der Waals surface area contributed by atoms with Crippen molar-refractivity contribution in [3.8, 4) is 0 Å². The van der Waals surface area contributed by atoms with Crippen molar-refractivity contribution >= 4 is 5.91 Å². The molecule has 0 aliphatic heterocycles. The van der Waals surface area contributed by atoms with Crippen LogP contribution in [0.2, 0.25) is 0 Å². The molecule has 0 atom stereocenters. The molecule has 5 heteroatoms. The Labute approximate surface area is 124 Å². The van der Waals surface area contributed by atoms with E-state index >= 15 is 0 Å². The molecular weight excluding hydrogens is 264 g/mol. The van der Waals surface area contributed by atoms with Crippen LogP contribution in [0, 0.1) is 0 Å². The van der Waals surface area contributed by atoms with Crippen molar-refractivity contribution < 1.29 is 4.79 Å². The number of hydrogen-bond acceptors (Lipinski definition) is 4. The quantitative estimate of drug-likeness (QED) is 0.932. The second-order valence-electron chi connectivity index (χ2n) is 5.96. The summed E-state index contributed by atoms with van der Waals surface area (Å²) in [5.41, 5.74) is 2.73. The van der Waals surface area contributed by atoms with Crippen LogP contribution in [-0.2, 0) is 23.2 Å². The predicted octanol–water partition coefficient (Wildman–Crippen LogP) is 2.03. The molecule has 0 saturated carbocycles. The van der Waals surface area contributed by atoms with Crippen LogP contribution in [0.1, 0.15) is 37.6 Å². The zero-order valence-electron chi connectivity index (χ0n) is 12.6. The van der Waals surface area contributed by atoms with Crippen molar-refractivity contribution in [2.24, 2.45) is 0 Å². The lowest BCUT2D eigenvalue weighted by Crippen LogP contribution is -2.27. The number of amides is 1. The summed E-state index contributed by atoms with van der Waals surface area (Å²) in [7, 11) is 0. The largest absolute Gasteiger partial charge is 0.352 e. The van der Waals surface area contributed by atoms with Crippen molar-refractivity contribution in [3.63, 3.8) is 0 Å². The maximum atomic E-state index is 12.0. The minimum atomic E-state index is -0.0770. The number of carbonyl (C=O) groups excluding carboxylic acids is 1. The van der Waals surface area contributed by atoms with Gasteiger partial charge in [-0.15, -0.1) is 0 Å². The van der Waals surface area contributed by atoms with E-state index in [-0.39, 0.29) is 11.3 Å². The Bertz CT molecular complexity index is 605. The molecule has 110 valence electrons. The van der Waals surface area contributed by atoms with Crippen molar-refractivity contribution in [2.75, 3.05) is 0 Å². The normalized spacial score (nSPS) is 11.2. The second kappa shape index (κ2) is 6.43. The van der Waals surface area contributed by atoms with Crippen LogP contribution in [0.4, 0.5) is 0 Å². The van der Waals surface area contributed by atoms with Crippen molar-refractivity contribution in [1.29, 1.82) is 0 Å². The maximum Gasteiger partial charge on any atom is 0.224 e. The fourth-order valence-corrected chi connectivity index (χ4v) is 2.11. The van der Waals surface area contributed by atoms with E-state index in [0.29, 0.717) is 13.0 Å². The number of aromatic nitrogens is 3. The van der Waals surface area contributed by atoms with Crippen LogP contribution in [0.25, 0.3) is 0 Å². The van der Waals surface area contributed by atoms with Gasteiger partial charge in [-0.05, 0) is 11.6 Å². The molecule has 2 aromatic rings. The molecule has 0 saturated heterocycles. The fraction of sp³-hybridized carbons (Fsp3) is 0.375. The molecule has 2 aromatic heterocycles. The van der Waals surface area contributed by atoms with E-state index in [4.69, 9.17) is 0 Å². The maximum absolute atomic E-state index is 12.0. The molecule has 5 nitrogen and oxygen atoms in total. The molecule has 1 amide bonds. The van der Waals surface area contributed by atoms with E-state index in [0.717, 1.165) is 16.8 Å². The SMILES string of the molecule is CC(C)(C)c1ncncc1CNC(=O)Cc1cccnc1. The highest BCUT2D eigenvalue weighted by molar-refractivity contribution is 5.78. The minimum Gasteiger partial charge on any atom is -0.352 e. The number of hydrogen-bond donors (Lipinski definition) is 1. The Balaban J connectivity index is 1.99. The Kier molecular flexibility index (Phi) is 4.62. The standard InChI is InChI=1S/C16H20N4O/c1-16(2,3)15-13(9-18-11-20-15)10-19-14(21)7-12-5-4-6-17-8-12/h4-6,8-9,11H,7,10H2,1-3H3,(H,19,21). The zero-order chi connectivity index (χ0) is 15.3. The van der Waals surface area contributed by atoms with Gasteiger partial charge in [0, 0.05) is 36.1 Å². The molecule has 2 rings (SSSR count). The molecule has 2 heterocycles. The minimum absolute atomic E-state index is 0.0355. The molecule has 0 unspecified atom stereocenters. The summed E-state index contributed by atoms with van der Waals surface area (Å²) in [5.74, 6) is -0.0355. The van der Waals surface area contributed by atoms with Crippen molar-refractivity contribution in [2.45, 2.75) is 39.2 Å². The van der Waals surface area contributed by atoms with E-state index in [1.54, 1.807) is 24.9 Å². The van der Waals surface area contributed by atoms with E-state index in [1.807, 2.05) is 12.1 Å². The van der Waals surface area contributed by atoms with Gasteiger partial charge in [0.2, 0.25) is 5.91 Å². The van der Waals surface area contributed by atoms with Gasteiger partial charge in [0.15, 0.2) is 0 Å². The number of nitrogens with one attached hydrogen (secondary N) is 1. The summed E-state index contributed by atoms with van der Waals surface area (Å²) >= 11 is 0. The summed E-state index contributed by atoms with van der Waals surface area (Å²) in [4.78, 5) is 24.4. The first kappa shape index (κ1) is 15.1. The Morgan fingerprint density at radius 3 is 2.71 bits per heavy atom. The summed E-state index contributed by atoms with van der Waals surface area (Å²) in [5, 5.41) is 2.91. The Hall–Kier alpha value is -2.30. The summed E-state index contributed by atoms with van der Waals surface area (Å²) < 4.78 is 0.